The Kier molecular flexibility index (Phi) is 14.2. The Bertz CT molecular complexity index is 897. The molecule has 0 aliphatic heterocycles. The Balaban J connectivity index is 1.56. The van der Waals surface area contributed by atoms with Crippen LogP contribution in [0, 0.1) is 3.57 Å². The second kappa shape index (κ2) is 17.2. The lowest BCUT2D eigenvalue weighted by Crippen LogP contribution is -2.16. The van der Waals surface area contributed by atoms with Gasteiger partial charge < -0.3 is 4.74 Å². The molecule has 6 heteroatoms. The van der Waals surface area contributed by atoms with Gasteiger partial charge in [0.05, 0.1) is 11.8 Å². The summed E-state index contributed by atoms with van der Waals surface area (Å²) in [7, 11) is 0. The maximum Gasteiger partial charge on any atom is 0.344 e. The molecule has 184 valence electrons. The molecular formula is C28H37IN2O3. The van der Waals surface area contributed by atoms with Gasteiger partial charge in [-0.05, 0) is 71.0 Å². The molecule has 0 aliphatic carbocycles. The van der Waals surface area contributed by atoms with E-state index in [1.807, 2.05) is 18.2 Å². The van der Waals surface area contributed by atoms with Crippen molar-refractivity contribution in [1.29, 1.82) is 0 Å². The van der Waals surface area contributed by atoms with Crippen LogP contribution in [-0.2, 0) is 4.79 Å². The van der Waals surface area contributed by atoms with Gasteiger partial charge in [-0.3, -0.25) is 4.79 Å². The number of carbonyl (C=O) groups is 2. The minimum atomic E-state index is -0.388. The van der Waals surface area contributed by atoms with Crippen LogP contribution in [0.1, 0.15) is 99.9 Å². The zero-order chi connectivity index (χ0) is 24.4. The van der Waals surface area contributed by atoms with E-state index >= 15 is 0 Å². The molecule has 34 heavy (non-hydrogen) atoms. The Labute approximate surface area is 217 Å². The summed E-state index contributed by atoms with van der Waals surface area (Å²) in [4.78, 5) is 24.2. The predicted octanol–water partition coefficient (Wildman–Crippen LogP) is 7.66. The summed E-state index contributed by atoms with van der Waals surface area (Å²) < 4.78 is 6.27. The minimum Gasteiger partial charge on any atom is -0.423 e. The molecule has 0 aliphatic rings. The van der Waals surface area contributed by atoms with Gasteiger partial charge in [0.2, 0.25) is 5.91 Å². The van der Waals surface area contributed by atoms with E-state index in [1.54, 1.807) is 36.5 Å². The van der Waals surface area contributed by atoms with Crippen LogP contribution in [0.2, 0.25) is 0 Å². The summed E-state index contributed by atoms with van der Waals surface area (Å²) in [5.74, 6) is 0.0126. The molecule has 1 amide bonds. The summed E-state index contributed by atoms with van der Waals surface area (Å²) >= 11 is 2.11. The quantitative estimate of drug-likeness (QED) is 0.0557. The van der Waals surface area contributed by atoms with Gasteiger partial charge in [0.25, 0.3) is 0 Å². The maximum absolute atomic E-state index is 12.3. The molecule has 0 atom stereocenters. The van der Waals surface area contributed by atoms with Crippen LogP contribution < -0.4 is 10.2 Å². The molecule has 0 radical (unpaired) electrons. The summed E-state index contributed by atoms with van der Waals surface area (Å²) in [6.07, 6.45) is 16.0. The highest BCUT2D eigenvalue weighted by molar-refractivity contribution is 14.1. The zero-order valence-electron chi connectivity index (χ0n) is 20.2. The summed E-state index contributed by atoms with van der Waals surface area (Å²) in [5, 5.41) is 4.03. The van der Waals surface area contributed by atoms with Crippen molar-refractivity contribution in [3.05, 3.63) is 63.2 Å². The van der Waals surface area contributed by atoms with E-state index in [9.17, 15) is 9.59 Å². The molecule has 0 unspecified atom stereocenters. The van der Waals surface area contributed by atoms with Crippen molar-refractivity contribution in [1.82, 2.24) is 5.43 Å². The molecule has 0 saturated carbocycles. The summed E-state index contributed by atoms with van der Waals surface area (Å²) in [6.45, 7) is 2.25. The van der Waals surface area contributed by atoms with E-state index < -0.39 is 0 Å². The highest BCUT2D eigenvalue weighted by atomic mass is 127. The highest BCUT2D eigenvalue weighted by Gasteiger charge is 2.11. The average Bonchev–Trinajstić information content (AvgIpc) is 2.84. The molecule has 0 fully saturated rings. The standard InChI is InChI=1S/C28H37IN2O3/c1-2-3-4-5-6-7-8-9-10-11-12-17-27(32)31-30-22-23-18-20-24(21-19-23)34-28(33)25-15-13-14-16-26(25)29/h13-16,18-22H,2-12,17H2,1H3,(H,31,32)/b30-22+. The van der Waals surface area contributed by atoms with Gasteiger partial charge in [-0.25, -0.2) is 10.2 Å². The van der Waals surface area contributed by atoms with Crippen LogP contribution in [0.5, 0.6) is 5.75 Å². The fourth-order valence-corrected chi connectivity index (χ4v) is 4.20. The van der Waals surface area contributed by atoms with Gasteiger partial charge >= 0.3 is 5.97 Å². The van der Waals surface area contributed by atoms with Gasteiger partial charge in [-0.1, -0.05) is 83.3 Å². The van der Waals surface area contributed by atoms with Gasteiger partial charge in [0, 0.05) is 9.99 Å². The van der Waals surface area contributed by atoms with Crippen molar-refractivity contribution in [2.75, 3.05) is 0 Å². The van der Waals surface area contributed by atoms with Crippen molar-refractivity contribution in [2.24, 2.45) is 5.10 Å². The van der Waals surface area contributed by atoms with Crippen LogP contribution in [0.4, 0.5) is 0 Å². The predicted molar refractivity (Wildman–Crippen MR) is 147 cm³/mol. The molecule has 2 aromatic rings. The lowest BCUT2D eigenvalue weighted by molar-refractivity contribution is -0.121. The van der Waals surface area contributed by atoms with E-state index in [4.69, 9.17) is 4.74 Å². The van der Waals surface area contributed by atoms with Gasteiger partial charge in [-0.15, -0.1) is 0 Å². The monoisotopic (exact) mass is 576 g/mol. The summed E-state index contributed by atoms with van der Waals surface area (Å²) in [6, 6.07) is 14.3. The van der Waals surface area contributed by atoms with Crippen molar-refractivity contribution < 1.29 is 14.3 Å². The molecule has 0 saturated heterocycles. The van der Waals surface area contributed by atoms with Crippen LogP contribution in [-0.4, -0.2) is 18.1 Å². The Morgan fingerprint density at radius 1 is 0.853 bits per heavy atom. The van der Waals surface area contributed by atoms with E-state index in [-0.39, 0.29) is 11.9 Å². The number of benzene rings is 2. The first kappa shape index (κ1) is 28.0. The summed E-state index contributed by atoms with van der Waals surface area (Å²) in [5.41, 5.74) is 3.93. The van der Waals surface area contributed by atoms with Crippen LogP contribution >= 0.6 is 22.6 Å². The van der Waals surface area contributed by atoms with E-state index in [0.29, 0.717) is 17.7 Å². The largest absolute Gasteiger partial charge is 0.423 e. The van der Waals surface area contributed by atoms with E-state index in [1.165, 1.54) is 57.8 Å². The number of ether oxygens (including phenoxy) is 1. The number of nitrogens with zero attached hydrogens (tertiary/aromatic N) is 1. The van der Waals surface area contributed by atoms with E-state index in [2.05, 4.69) is 40.0 Å². The Morgan fingerprint density at radius 2 is 1.44 bits per heavy atom. The number of amides is 1. The van der Waals surface area contributed by atoms with E-state index in [0.717, 1.165) is 22.0 Å². The van der Waals surface area contributed by atoms with Crippen molar-refractivity contribution in [3.63, 3.8) is 0 Å². The molecule has 5 nitrogen and oxygen atoms in total. The van der Waals surface area contributed by atoms with Crippen molar-refractivity contribution in [3.8, 4) is 5.75 Å². The molecule has 2 rings (SSSR count). The molecule has 0 spiro atoms. The number of nitrogens with one attached hydrogen (secondary N) is 1. The van der Waals surface area contributed by atoms with Crippen LogP contribution in [0.3, 0.4) is 0 Å². The zero-order valence-corrected chi connectivity index (χ0v) is 22.4. The third kappa shape index (κ3) is 11.8. The number of hydrogen-bond donors (Lipinski definition) is 1. The highest BCUT2D eigenvalue weighted by Crippen LogP contribution is 2.17. The molecule has 1 N–H and O–H groups in total. The fourth-order valence-electron chi connectivity index (χ4n) is 3.60. The lowest BCUT2D eigenvalue weighted by atomic mass is 10.1. The molecule has 0 bridgehead atoms. The smallest absolute Gasteiger partial charge is 0.344 e. The third-order valence-electron chi connectivity index (χ3n) is 5.59. The first-order chi connectivity index (χ1) is 16.6. The van der Waals surface area contributed by atoms with Crippen LogP contribution in [0.25, 0.3) is 0 Å². The minimum absolute atomic E-state index is 0.0600. The third-order valence-corrected chi connectivity index (χ3v) is 6.54. The number of unbranched alkanes of at least 4 members (excludes halogenated alkanes) is 10. The molecular weight excluding hydrogens is 539 g/mol. The van der Waals surface area contributed by atoms with Crippen molar-refractivity contribution in [2.45, 2.75) is 84.0 Å². The number of hydrogen-bond acceptors (Lipinski definition) is 4. The second-order valence-corrected chi connectivity index (χ2v) is 9.68. The average molecular weight is 577 g/mol. The van der Waals surface area contributed by atoms with Gasteiger partial charge in [-0.2, -0.15) is 5.10 Å². The molecule has 0 heterocycles. The topological polar surface area (TPSA) is 67.8 Å². The lowest BCUT2D eigenvalue weighted by Gasteiger charge is -2.06. The van der Waals surface area contributed by atoms with Crippen LogP contribution in [0.15, 0.2) is 53.6 Å². The Morgan fingerprint density at radius 3 is 2.06 bits per heavy atom. The number of halogens is 1. The first-order valence-corrected chi connectivity index (χ1v) is 13.6. The first-order valence-electron chi connectivity index (χ1n) is 12.5. The number of hydrazone groups is 1. The van der Waals surface area contributed by atoms with Gasteiger partial charge in [0.15, 0.2) is 0 Å². The SMILES string of the molecule is CCCCCCCCCCCCCC(=O)N/N=C/c1ccc(OC(=O)c2ccccc2I)cc1. The maximum atomic E-state index is 12.3. The number of carbonyl (C=O) groups excluding carboxylic acids is 2. The normalized spacial score (nSPS) is 11.0. The number of rotatable bonds is 16. The Hall–Kier alpha value is -2.22. The number of esters is 1. The molecule has 2 aromatic carbocycles. The molecule has 0 aromatic heterocycles. The van der Waals surface area contributed by atoms with Gasteiger partial charge in [0.1, 0.15) is 5.75 Å². The van der Waals surface area contributed by atoms with Crippen molar-refractivity contribution >= 4 is 40.7 Å². The second-order valence-electron chi connectivity index (χ2n) is 8.52. The fraction of sp³-hybridized carbons (Fsp3) is 0.464.